The molecule has 2 aromatic rings. The Bertz CT molecular complexity index is 551. The smallest absolute Gasteiger partial charge is 0.254 e. The van der Waals surface area contributed by atoms with Gasteiger partial charge in [-0.2, -0.15) is 0 Å². The summed E-state index contributed by atoms with van der Waals surface area (Å²) in [5.41, 5.74) is 1.38. The van der Waals surface area contributed by atoms with Crippen LogP contribution in [0.15, 0.2) is 47.3 Å². The van der Waals surface area contributed by atoms with Gasteiger partial charge in [0.1, 0.15) is 18.1 Å². The first kappa shape index (κ1) is 14.1. The lowest BCUT2D eigenvalue weighted by molar-refractivity contribution is 0.0818. The van der Waals surface area contributed by atoms with E-state index in [1.54, 1.807) is 20.3 Å². The zero-order chi connectivity index (χ0) is 14.4. The van der Waals surface area contributed by atoms with Crippen molar-refractivity contribution in [2.24, 2.45) is 0 Å². The Morgan fingerprint density at radius 2 is 2.10 bits per heavy atom. The van der Waals surface area contributed by atoms with Gasteiger partial charge in [-0.1, -0.05) is 18.2 Å². The van der Waals surface area contributed by atoms with Crippen molar-refractivity contribution in [3.8, 4) is 5.75 Å². The monoisotopic (exact) mass is 275 g/mol. The fraction of sp³-hybridized carbons (Fsp3) is 0.267. The van der Waals surface area contributed by atoms with Gasteiger partial charge in [-0.05, 0) is 12.1 Å². The maximum absolute atomic E-state index is 11.9. The number of hydrogen-bond acceptors (Lipinski definition) is 4. The number of furan rings is 1. The first-order chi connectivity index (χ1) is 9.76. The zero-order valence-corrected chi connectivity index (χ0v) is 11.5. The highest BCUT2D eigenvalue weighted by Crippen LogP contribution is 2.26. The average molecular weight is 275 g/mol. The number of benzene rings is 1. The second-order valence-corrected chi connectivity index (χ2v) is 4.19. The van der Waals surface area contributed by atoms with Crippen LogP contribution in [0, 0.1) is 0 Å². The number of para-hydroxylation sites is 1. The molecule has 0 fully saturated rings. The number of nitrogens with one attached hydrogen (secondary N) is 1. The van der Waals surface area contributed by atoms with Crippen molar-refractivity contribution in [1.29, 1.82) is 0 Å². The van der Waals surface area contributed by atoms with Gasteiger partial charge in [0.2, 0.25) is 0 Å². The van der Waals surface area contributed by atoms with E-state index < -0.39 is 0 Å². The van der Waals surface area contributed by atoms with Crippen LogP contribution in [0.2, 0.25) is 0 Å². The fourth-order valence-corrected chi connectivity index (χ4v) is 1.93. The van der Waals surface area contributed by atoms with Crippen LogP contribution in [0.4, 0.5) is 0 Å². The second-order valence-electron chi connectivity index (χ2n) is 4.19. The van der Waals surface area contributed by atoms with Crippen molar-refractivity contribution >= 4 is 5.91 Å². The number of carbonyl (C=O) groups is 1. The van der Waals surface area contributed by atoms with Crippen molar-refractivity contribution in [2.75, 3.05) is 20.8 Å². The minimum Gasteiger partial charge on any atom is -0.496 e. The third-order valence-electron chi connectivity index (χ3n) is 3.00. The molecule has 0 aliphatic carbocycles. The van der Waals surface area contributed by atoms with E-state index in [0.29, 0.717) is 12.1 Å². The predicted molar refractivity (Wildman–Crippen MR) is 73.8 cm³/mol. The quantitative estimate of drug-likeness (QED) is 0.879. The molecular weight excluding hydrogens is 258 g/mol. The van der Waals surface area contributed by atoms with Gasteiger partial charge in [-0.15, -0.1) is 0 Å². The summed E-state index contributed by atoms with van der Waals surface area (Å²) in [6, 6.07) is 9.18. The summed E-state index contributed by atoms with van der Waals surface area (Å²) in [7, 11) is 3.21. The van der Waals surface area contributed by atoms with E-state index in [4.69, 9.17) is 13.9 Å². The van der Waals surface area contributed by atoms with Crippen molar-refractivity contribution in [3.63, 3.8) is 0 Å². The molecule has 0 bridgehead atoms. The minimum atomic E-state index is -0.276. The zero-order valence-electron chi connectivity index (χ0n) is 11.5. The van der Waals surface area contributed by atoms with Crippen molar-refractivity contribution < 1.29 is 18.7 Å². The Balaban J connectivity index is 2.04. The lowest BCUT2D eigenvalue weighted by Gasteiger charge is -2.18. The van der Waals surface area contributed by atoms with Crippen molar-refractivity contribution in [2.45, 2.75) is 6.10 Å². The molecule has 1 N–H and O–H groups in total. The van der Waals surface area contributed by atoms with Gasteiger partial charge in [0, 0.05) is 19.2 Å². The third kappa shape index (κ3) is 3.19. The van der Waals surface area contributed by atoms with Crippen LogP contribution >= 0.6 is 0 Å². The van der Waals surface area contributed by atoms with Crippen LogP contribution in [0.5, 0.6) is 5.75 Å². The lowest BCUT2D eigenvalue weighted by Crippen LogP contribution is -2.29. The van der Waals surface area contributed by atoms with Crippen LogP contribution in [0.3, 0.4) is 0 Å². The molecule has 0 saturated heterocycles. The molecule has 1 unspecified atom stereocenters. The van der Waals surface area contributed by atoms with E-state index >= 15 is 0 Å². The number of amides is 1. The van der Waals surface area contributed by atoms with Gasteiger partial charge < -0.3 is 19.2 Å². The molecule has 1 heterocycles. The molecule has 1 atom stereocenters. The molecule has 1 aromatic carbocycles. The first-order valence-electron chi connectivity index (χ1n) is 6.22. The van der Waals surface area contributed by atoms with E-state index in [1.807, 2.05) is 24.3 Å². The van der Waals surface area contributed by atoms with Crippen LogP contribution in [0.25, 0.3) is 0 Å². The maximum Gasteiger partial charge on any atom is 0.254 e. The van der Waals surface area contributed by atoms with Crippen LogP contribution in [-0.2, 0) is 4.74 Å². The van der Waals surface area contributed by atoms with Crippen LogP contribution < -0.4 is 10.1 Å². The van der Waals surface area contributed by atoms with Gasteiger partial charge in [0.15, 0.2) is 0 Å². The standard InChI is InChI=1S/C15H17NO4/c1-18-13-6-4-3-5-12(13)14(19-2)9-16-15(17)11-7-8-20-10-11/h3-8,10,14H,9H2,1-2H3,(H,16,17). The molecule has 1 amide bonds. The predicted octanol–water partition coefficient (Wildman–Crippen LogP) is 2.41. The van der Waals surface area contributed by atoms with Gasteiger partial charge >= 0.3 is 0 Å². The van der Waals surface area contributed by atoms with Gasteiger partial charge in [-0.3, -0.25) is 4.79 Å². The van der Waals surface area contributed by atoms with Gasteiger partial charge in [0.05, 0.1) is 18.9 Å². The molecule has 0 radical (unpaired) electrons. The Labute approximate surface area is 117 Å². The van der Waals surface area contributed by atoms with Gasteiger partial charge in [0.25, 0.3) is 5.91 Å². The van der Waals surface area contributed by atoms with E-state index in [2.05, 4.69) is 5.32 Å². The summed E-state index contributed by atoms with van der Waals surface area (Å²) in [6.07, 6.45) is 2.59. The number of methoxy groups -OCH3 is 2. The summed E-state index contributed by atoms with van der Waals surface area (Å²) in [5.74, 6) is 0.535. The Morgan fingerprint density at radius 3 is 2.75 bits per heavy atom. The SMILES string of the molecule is COc1ccccc1C(CNC(=O)c1ccoc1)OC. The molecular formula is C15H17NO4. The maximum atomic E-state index is 11.9. The average Bonchev–Trinajstić information content (AvgIpc) is 3.02. The van der Waals surface area contributed by atoms with Crippen LogP contribution in [-0.4, -0.2) is 26.7 Å². The molecule has 0 aliphatic heterocycles. The summed E-state index contributed by atoms with van der Waals surface area (Å²) >= 11 is 0. The first-order valence-corrected chi connectivity index (χ1v) is 6.22. The number of rotatable bonds is 6. The minimum absolute atomic E-state index is 0.198. The molecule has 0 aliphatic rings. The molecule has 5 heteroatoms. The second kappa shape index (κ2) is 6.77. The topological polar surface area (TPSA) is 60.7 Å². The number of hydrogen-bond donors (Lipinski definition) is 1. The Hall–Kier alpha value is -2.27. The number of carbonyl (C=O) groups excluding carboxylic acids is 1. The summed E-state index contributed by atoms with van der Waals surface area (Å²) in [6.45, 7) is 0.348. The summed E-state index contributed by atoms with van der Waals surface area (Å²) in [4.78, 5) is 11.9. The lowest BCUT2D eigenvalue weighted by atomic mass is 10.1. The van der Waals surface area contributed by atoms with E-state index in [0.717, 1.165) is 11.3 Å². The molecule has 0 saturated carbocycles. The van der Waals surface area contributed by atoms with E-state index in [-0.39, 0.29) is 12.0 Å². The summed E-state index contributed by atoms with van der Waals surface area (Å²) < 4.78 is 15.6. The molecule has 2 rings (SSSR count). The molecule has 5 nitrogen and oxygen atoms in total. The highest BCUT2D eigenvalue weighted by atomic mass is 16.5. The molecule has 1 aromatic heterocycles. The normalized spacial score (nSPS) is 11.9. The largest absolute Gasteiger partial charge is 0.496 e. The number of ether oxygens (including phenoxy) is 2. The highest BCUT2D eigenvalue weighted by Gasteiger charge is 2.17. The van der Waals surface area contributed by atoms with Crippen molar-refractivity contribution in [3.05, 3.63) is 54.0 Å². The Morgan fingerprint density at radius 1 is 1.30 bits per heavy atom. The molecule has 20 heavy (non-hydrogen) atoms. The third-order valence-corrected chi connectivity index (χ3v) is 3.00. The van der Waals surface area contributed by atoms with Crippen LogP contribution in [0.1, 0.15) is 22.0 Å². The Kier molecular flexibility index (Phi) is 4.79. The molecule has 0 spiro atoms. The molecule has 106 valence electrons. The van der Waals surface area contributed by atoms with Crippen molar-refractivity contribution in [1.82, 2.24) is 5.32 Å². The summed E-state index contributed by atoms with van der Waals surface area (Å²) in [5, 5.41) is 2.81. The highest BCUT2D eigenvalue weighted by molar-refractivity contribution is 5.93. The fourth-order valence-electron chi connectivity index (χ4n) is 1.93. The van der Waals surface area contributed by atoms with E-state index in [9.17, 15) is 4.79 Å². The van der Waals surface area contributed by atoms with E-state index in [1.165, 1.54) is 12.5 Å². The van der Waals surface area contributed by atoms with Gasteiger partial charge in [-0.25, -0.2) is 0 Å².